The van der Waals surface area contributed by atoms with Gasteiger partial charge in [0.25, 0.3) is 0 Å². The van der Waals surface area contributed by atoms with Gasteiger partial charge in [0.2, 0.25) is 12.7 Å². The second kappa shape index (κ2) is 6.48. The summed E-state index contributed by atoms with van der Waals surface area (Å²) in [5.74, 6) is 0.763. The molecule has 1 heterocycles. The van der Waals surface area contributed by atoms with Crippen LogP contribution in [0.5, 0.6) is 11.5 Å². The number of hydrazone groups is 1. The zero-order chi connectivity index (χ0) is 16.2. The molecular formula is C17H15FN2O3. The Balaban J connectivity index is 1.62. The molecule has 0 radical (unpaired) electrons. The molecule has 1 aliphatic heterocycles. The molecule has 1 amide bonds. The quantitative estimate of drug-likeness (QED) is 0.697. The highest BCUT2D eigenvalue weighted by Gasteiger charge is 2.14. The van der Waals surface area contributed by atoms with Gasteiger partial charge in [-0.05, 0) is 42.8 Å². The Morgan fingerprint density at radius 2 is 1.91 bits per heavy atom. The molecule has 2 aromatic rings. The third kappa shape index (κ3) is 3.66. The van der Waals surface area contributed by atoms with Crippen LogP contribution in [0.15, 0.2) is 47.6 Å². The molecule has 0 bridgehead atoms. The lowest BCUT2D eigenvalue weighted by atomic mass is 10.1. The number of fused-ring (bicyclic) bond motifs is 1. The van der Waals surface area contributed by atoms with Crippen molar-refractivity contribution in [3.63, 3.8) is 0 Å². The second-order valence-electron chi connectivity index (χ2n) is 5.10. The van der Waals surface area contributed by atoms with Crippen LogP contribution in [0.4, 0.5) is 4.39 Å². The molecule has 6 heteroatoms. The van der Waals surface area contributed by atoms with Gasteiger partial charge in [-0.2, -0.15) is 5.10 Å². The fraction of sp³-hybridized carbons (Fsp3) is 0.176. The molecule has 0 saturated carbocycles. The standard InChI is InChI=1S/C17H15FN2O3/c1-11(13-4-7-15-16(9-13)23-10-22-15)19-20-17(21)8-12-2-5-14(18)6-3-12/h2-7,9H,8,10H2,1H3,(H,20,21). The maximum atomic E-state index is 12.8. The van der Waals surface area contributed by atoms with Crippen LogP contribution in [0.1, 0.15) is 18.1 Å². The van der Waals surface area contributed by atoms with Crippen LogP contribution < -0.4 is 14.9 Å². The van der Waals surface area contributed by atoms with Gasteiger partial charge in [-0.3, -0.25) is 4.79 Å². The molecule has 0 atom stereocenters. The molecule has 0 spiro atoms. The van der Waals surface area contributed by atoms with Crippen molar-refractivity contribution in [1.29, 1.82) is 0 Å². The molecule has 118 valence electrons. The molecular weight excluding hydrogens is 299 g/mol. The first-order valence-corrected chi connectivity index (χ1v) is 7.09. The summed E-state index contributed by atoms with van der Waals surface area (Å²) in [6.07, 6.45) is 0.137. The van der Waals surface area contributed by atoms with Crippen molar-refractivity contribution in [3.05, 3.63) is 59.4 Å². The SMILES string of the molecule is CC(=NNC(=O)Cc1ccc(F)cc1)c1ccc2c(c1)OCO2. The highest BCUT2D eigenvalue weighted by Crippen LogP contribution is 2.32. The average molecular weight is 314 g/mol. The van der Waals surface area contributed by atoms with E-state index in [1.165, 1.54) is 12.1 Å². The minimum Gasteiger partial charge on any atom is -0.454 e. The number of nitrogens with zero attached hydrogens (tertiary/aromatic N) is 1. The molecule has 23 heavy (non-hydrogen) atoms. The van der Waals surface area contributed by atoms with Crippen LogP contribution >= 0.6 is 0 Å². The number of benzene rings is 2. The van der Waals surface area contributed by atoms with Gasteiger partial charge in [0.1, 0.15) is 5.82 Å². The largest absolute Gasteiger partial charge is 0.454 e. The molecule has 0 saturated heterocycles. The molecule has 2 aromatic carbocycles. The van der Waals surface area contributed by atoms with Crippen molar-refractivity contribution < 1.29 is 18.7 Å². The number of carbonyl (C=O) groups is 1. The summed E-state index contributed by atoms with van der Waals surface area (Å²) in [5, 5.41) is 4.08. The van der Waals surface area contributed by atoms with Crippen LogP contribution in [-0.4, -0.2) is 18.4 Å². The van der Waals surface area contributed by atoms with Crippen molar-refractivity contribution in [2.45, 2.75) is 13.3 Å². The second-order valence-corrected chi connectivity index (χ2v) is 5.10. The average Bonchev–Trinajstić information content (AvgIpc) is 3.02. The Hall–Kier alpha value is -2.89. The normalized spacial score (nSPS) is 13.0. The first-order chi connectivity index (χ1) is 11.1. The summed E-state index contributed by atoms with van der Waals surface area (Å²) in [7, 11) is 0. The van der Waals surface area contributed by atoms with E-state index in [2.05, 4.69) is 10.5 Å². The van der Waals surface area contributed by atoms with E-state index in [-0.39, 0.29) is 24.9 Å². The molecule has 3 rings (SSSR count). The van der Waals surface area contributed by atoms with Crippen molar-refractivity contribution in [2.75, 3.05) is 6.79 Å². The first-order valence-electron chi connectivity index (χ1n) is 7.09. The number of rotatable bonds is 4. The summed E-state index contributed by atoms with van der Waals surface area (Å²) in [6.45, 7) is 2.00. The van der Waals surface area contributed by atoms with Crippen molar-refractivity contribution in [2.24, 2.45) is 5.10 Å². The zero-order valence-corrected chi connectivity index (χ0v) is 12.5. The highest BCUT2D eigenvalue weighted by molar-refractivity contribution is 5.99. The molecule has 5 nitrogen and oxygen atoms in total. The Bertz CT molecular complexity index is 757. The number of hydrogen-bond donors (Lipinski definition) is 1. The third-order valence-electron chi connectivity index (χ3n) is 3.42. The number of halogens is 1. The van der Waals surface area contributed by atoms with Gasteiger partial charge >= 0.3 is 0 Å². The van der Waals surface area contributed by atoms with Crippen molar-refractivity contribution in [1.82, 2.24) is 5.43 Å². The van der Waals surface area contributed by atoms with E-state index in [4.69, 9.17) is 9.47 Å². The van der Waals surface area contributed by atoms with E-state index in [1.54, 1.807) is 25.1 Å². The molecule has 0 aromatic heterocycles. The van der Waals surface area contributed by atoms with Crippen LogP contribution in [0, 0.1) is 5.82 Å². The van der Waals surface area contributed by atoms with Gasteiger partial charge in [-0.1, -0.05) is 12.1 Å². The van der Waals surface area contributed by atoms with E-state index in [1.807, 2.05) is 12.1 Å². The minimum atomic E-state index is -0.328. The van der Waals surface area contributed by atoms with Crippen LogP contribution in [0.3, 0.4) is 0 Å². The topological polar surface area (TPSA) is 59.9 Å². The lowest BCUT2D eigenvalue weighted by Crippen LogP contribution is -2.21. The van der Waals surface area contributed by atoms with Crippen LogP contribution in [0.25, 0.3) is 0 Å². The fourth-order valence-corrected chi connectivity index (χ4v) is 2.16. The van der Waals surface area contributed by atoms with Gasteiger partial charge in [-0.25, -0.2) is 9.82 Å². The van der Waals surface area contributed by atoms with Gasteiger partial charge in [-0.15, -0.1) is 0 Å². The summed E-state index contributed by atoms with van der Waals surface area (Å²) in [5.41, 5.74) is 4.70. The highest BCUT2D eigenvalue weighted by atomic mass is 19.1. The predicted octanol–water partition coefficient (Wildman–Crippen LogP) is 2.64. The monoisotopic (exact) mass is 314 g/mol. The lowest BCUT2D eigenvalue weighted by molar-refractivity contribution is -0.120. The Morgan fingerprint density at radius 1 is 1.17 bits per heavy atom. The molecule has 0 unspecified atom stereocenters. The maximum absolute atomic E-state index is 12.8. The first kappa shape index (κ1) is 15.0. The van der Waals surface area contributed by atoms with E-state index in [0.717, 1.165) is 11.1 Å². The van der Waals surface area contributed by atoms with Crippen LogP contribution in [-0.2, 0) is 11.2 Å². The van der Waals surface area contributed by atoms with Gasteiger partial charge in [0, 0.05) is 5.56 Å². The van der Waals surface area contributed by atoms with E-state index in [9.17, 15) is 9.18 Å². The van der Waals surface area contributed by atoms with Gasteiger partial charge < -0.3 is 9.47 Å². The number of amides is 1. The van der Waals surface area contributed by atoms with Crippen LogP contribution in [0.2, 0.25) is 0 Å². The number of carbonyl (C=O) groups excluding carboxylic acids is 1. The maximum Gasteiger partial charge on any atom is 0.244 e. The van der Waals surface area contributed by atoms with Gasteiger partial charge in [0.05, 0.1) is 12.1 Å². The molecule has 1 aliphatic rings. The summed E-state index contributed by atoms with van der Waals surface area (Å²) in [4.78, 5) is 11.9. The predicted molar refractivity (Wildman–Crippen MR) is 83.0 cm³/mol. The van der Waals surface area contributed by atoms with E-state index < -0.39 is 0 Å². The molecule has 1 N–H and O–H groups in total. The molecule has 0 aliphatic carbocycles. The Morgan fingerprint density at radius 3 is 2.70 bits per heavy atom. The smallest absolute Gasteiger partial charge is 0.244 e. The molecule has 0 fully saturated rings. The number of nitrogens with one attached hydrogen (secondary N) is 1. The van der Waals surface area contributed by atoms with Crippen molar-refractivity contribution >= 4 is 11.6 Å². The zero-order valence-electron chi connectivity index (χ0n) is 12.5. The van der Waals surface area contributed by atoms with E-state index >= 15 is 0 Å². The third-order valence-corrected chi connectivity index (χ3v) is 3.42. The fourth-order valence-electron chi connectivity index (χ4n) is 2.16. The summed E-state index contributed by atoms with van der Waals surface area (Å²) in [6, 6.07) is 11.3. The number of ether oxygens (including phenoxy) is 2. The minimum absolute atomic E-state index is 0.137. The van der Waals surface area contributed by atoms with Crippen molar-refractivity contribution in [3.8, 4) is 11.5 Å². The number of hydrogen-bond acceptors (Lipinski definition) is 4. The Kier molecular flexibility index (Phi) is 4.23. The summed E-state index contributed by atoms with van der Waals surface area (Å²) >= 11 is 0. The Labute approximate surface area is 132 Å². The van der Waals surface area contributed by atoms with E-state index in [0.29, 0.717) is 17.2 Å². The lowest BCUT2D eigenvalue weighted by Gasteiger charge is -2.04. The summed E-state index contributed by atoms with van der Waals surface area (Å²) < 4.78 is 23.4. The van der Waals surface area contributed by atoms with Gasteiger partial charge in [0.15, 0.2) is 11.5 Å².